The van der Waals surface area contributed by atoms with Gasteiger partial charge in [-0.2, -0.15) is 0 Å². The molecule has 0 radical (unpaired) electrons. The molecule has 0 saturated carbocycles. The Labute approximate surface area is 184 Å². The van der Waals surface area contributed by atoms with Crippen molar-refractivity contribution >= 4 is 34.8 Å². The van der Waals surface area contributed by atoms with Crippen molar-refractivity contribution in [2.45, 2.75) is 12.5 Å². The molecule has 2 heterocycles. The first kappa shape index (κ1) is 20.3. The van der Waals surface area contributed by atoms with Gasteiger partial charge in [0.2, 0.25) is 5.88 Å². The molecule has 154 valence electrons. The fourth-order valence-electron chi connectivity index (χ4n) is 3.37. The van der Waals surface area contributed by atoms with Crippen LogP contribution in [0.2, 0.25) is 10.0 Å². The van der Waals surface area contributed by atoms with Crippen molar-refractivity contribution in [3.8, 4) is 17.4 Å². The third-order valence-electron chi connectivity index (χ3n) is 4.79. The van der Waals surface area contributed by atoms with E-state index in [0.717, 1.165) is 12.1 Å². The molecule has 8 heteroatoms. The van der Waals surface area contributed by atoms with Crippen LogP contribution in [0, 0.1) is 0 Å². The molecule has 1 unspecified atom stereocenters. The Kier molecular flexibility index (Phi) is 5.97. The first-order valence-electron chi connectivity index (χ1n) is 9.39. The molecule has 0 spiro atoms. The molecule has 1 atom stereocenters. The van der Waals surface area contributed by atoms with Gasteiger partial charge in [-0.25, -0.2) is 4.98 Å². The van der Waals surface area contributed by atoms with Gasteiger partial charge in [-0.1, -0.05) is 35.3 Å². The highest BCUT2D eigenvalue weighted by atomic mass is 35.5. The Balaban J connectivity index is 1.52. The highest BCUT2D eigenvalue weighted by Crippen LogP contribution is 2.34. The Bertz CT molecular complexity index is 1080. The molecule has 0 aliphatic carbocycles. The molecule has 1 aliphatic heterocycles. The summed E-state index contributed by atoms with van der Waals surface area (Å²) in [5.74, 6) is 0.855. The van der Waals surface area contributed by atoms with Crippen LogP contribution in [0.1, 0.15) is 16.8 Å². The largest absolute Gasteiger partial charge is 0.471 e. The summed E-state index contributed by atoms with van der Waals surface area (Å²) < 4.78 is 11.8. The molecule has 1 aromatic heterocycles. The number of pyridine rings is 1. The van der Waals surface area contributed by atoms with E-state index in [4.69, 9.17) is 38.4 Å². The number of nitrogens with zero attached hydrogens (tertiary/aromatic N) is 2. The van der Waals surface area contributed by atoms with Gasteiger partial charge in [0.15, 0.2) is 0 Å². The second-order valence-electron chi connectivity index (χ2n) is 6.84. The van der Waals surface area contributed by atoms with Gasteiger partial charge in [-0.3, -0.25) is 4.79 Å². The normalized spacial score (nSPS) is 15.8. The van der Waals surface area contributed by atoms with Crippen LogP contribution in [-0.4, -0.2) is 30.1 Å². The lowest BCUT2D eigenvalue weighted by molar-refractivity contribution is 0.100. The summed E-state index contributed by atoms with van der Waals surface area (Å²) >= 11 is 12.3. The van der Waals surface area contributed by atoms with Crippen LogP contribution in [0.4, 0.5) is 5.69 Å². The van der Waals surface area contributed by atoms with E-state index in [1.807, 2.05) is 18.2 Å². The lowest BCUT2D eigenvalue weighted by atomic mass is 10.1. The summed E-state index contributed by atoms with van der Waals surface area (Å²) in [6.07, 6.45) is 2.30. The molecule has 30 heavy (non-hydrogen) atoms. The minimum atomic E-state index is -0.535. The van der Waals surface area contributed by atoms with E-state index in [9.17, 15) is 4.79 Å². The second kappa shape index (κ2) is 8.81. The topological polar surface area (TPSA) is 77.7 Å². The van der Waals surface area contributed by atoms with Crippen molar-refractivity contribution in [3.05, 3.63) is 76.4 Å². The molecule has 0 bridgehead atoms. The number of primary amides is 1. The molecule has 1 aliphatic rings. The maximum absolute atomic E-state index is 12.1. The number of hydrogen-bond donors (Lipinski definition) is 1. The van der Waals surface area contributed by atoms with Crippen molar-refractivity contribution in [3.63, 3.8) is 0 Å². The van der Waals surface area contributed by atoms with Crippen molar-refractivity contribution in [1.29, 1.82) is 0 Å². The zero-order valence-corrected chi connectivity index (χ0v) is 17.4. The number of amides is 1. The van der Waals surface area contributed by atoms with Crippen LogP contribution in [0.15, 0.2) is 60.8 Å². The molecule has 1 saturated heterocycles. The Morgan fingerprint density at radius 2 is 1.90 bits per heavy atom. The maximum atomic E-state index is 12.1. The first-order valence-corrected chi connectivity index (χ1v) is 10.1. The number of halogens is 2. The quantitative estimate of drug-likeness (QED) is 0.583. The van der Waals surface area contributed by atoms with E-state index < -0.39 is 5.91 Å². The van der Waals surface area contributed by atoms with Crippen LogP contribution >= 0.6 is 23.2 Å². The SMILES string of the molecule is NC(=O)c1cc(Oc2ccccc2Cl)ccc1N1CCC(Oc2ncccc2Cl)C1. The zero-order chi connectivity index (χ0) is 21.1. The monoisotopic (exact) mass is 443 g/mol. The lowest BCUT2D eigenvalue weighted by Gasteiger charge is -2.22. The van der Waals surface area contributed by atoms with Gasteiger partial charge in [-0.05, 0) is 42.5 Å². The summed E-state index contributed by atoms with van der Waals surface area (Å²) in [5.41, 5.74) is 6.75. The van der Waals surface area contributed by atoms with E-state index in [2.05, 4.69) is 9.88 Å². The molecular weight excluding hydrogens is 425 g/mol. The second-order valence-corrected chi connectivity index (χ2v) is 7.66. The molecule has 1 amide bonds. The first-order chi connectivity index (χ1) is 14.5. The Morgan fingerprint density at radius 3 is 2.67 bits per heavy atom. The molecule has 3 aromatic rings. The average Bonchev–Trinajstić information content (AvgIpc) is 3.20. The van der Waals surface area contributed by atoms with E-state index in [0.29, 0.717) is 46.1 Å². The number of ether oxygens (including phenoxy) is 2. The summed E-state index contributed by atoms with van der Waals surface area (Å²) in [7, 11) is 0. The number of benzene rings is 2. The number of anilines is 1. The molecule has 1 fully saturated rings. The van der Waals surface area contributed by atoms with E-state index in [-0.39, 0.29) is 6.10 Å². The number of hydrogen-bond acceptors (Lipinski definition) is 5. The smallest absolute Gasteiger partial charge is 0.250 e. The maximum Gasteiger partial charge on any atom is 0.250 e. The molecular formula is C22H19Cl2N3O3. The Morgan fingerprint density at radius 1 is 1.10 bits per heavy atom. The van der Waals surface area contributed by atoms with E-state index in [1.165, 1.54) is 0 Å². The number of aromatic nitrogens is 1. The summed E-state index contributed by atoms with van der Waals surface area (Å²) in [5, 5.41) is 0.949. The predicted octanol–water partition coefficient (Wildman–Crippen LogP) is 4.94. The number of para-hydroxylation sites is 1. The minimum Gasteiger partial charge on any atom is -0.471 e. The summed E-state index contributed by atoms with van der Waals surface area (Å²) in [4.78, 5) is 18.3. The Hall–Kier alpha value is -2.96. The highest BCUT2D eigenvalue weighted by molar-refractivity contribution is 6.32. The average molecular weight is 444 g/mol. The number of nitrogens with two attached hydrogens (primary N) is 1. The molecule has 2 aromatic carbocycles. The van der Waals surface area contributed by atoms with Crippen LogP contribution in [0.25, 0.3) is 0 Å². The van der Waals surface area contributed by atoms with Crippen LogP contribution < -0.4 is 20.1 Å². The van der Waals surface area contributed by atoms with Gasteiger partial charge in [0, 0.05) is 24.8 Å². The zero-order valence-electron chi connectivity index (χ0n) is 15.9. The fourth-order valence-corrected chi connectivity index (χ4v) is 3.71. The molecule has 2 N–H and O–H groups in total. The number of carbonyl (C=O) groups excluding carboxylic acids is 1. The fraction of sp³-hybridized carbons (Fsp3) is 0.182. The third-order valence-corrected chi connectivity index (χ3v) is 5.39. The van der Waals surface area contributed by atoms with Crippen molar-refractivity contribution in [2.75, 3.05) is 18.0 Å². The van der Waals surface area contributed by atoms with Gasteiger partial charge in [0.1, 0.15) is 22.6 Å². The predicted molar refractivity (Wildman–Crippen MR) is 117 cm³/mol. The lowest BCUT2D eigenvalue weighted by Crippen LogP contribution is -2.27. The van der Waals surface area contributed by atoms with Gasteiger partial charge in [0.25, 0.3) is 5.91 Å². The van der Waals surface area contributed by atoms with Crippen LogP contribution in [0.5, 0.6) is 17.4 Å². The minimum absolute atomic E-state index is 0.0998. The van der Waals surface area contributed by atoms with Gasteiger partial charge in [0.05, 0.1) is 17.1 Å². The standard InChI is InChI=1S/C22H19Cl2N3O3/c23-17-4-1-2-6-20(17)29-14-7-8-19(16(12-14)21(25)28)27-11-9-15(13-27)30-22-18(24)5-3-10-26-22/h1-8,10,12,15H,9,11,13H2,(H2,25,28). The van der Waals surface area contributed by atoms with Gasteiger partial charge in [-0.15, -0.1) is 0 Å². The van der Waals surface area contributed by atoms with Crippen molar-refractivity contribution in [1.82, 2.24) is 4.98 Å². The molecule has 4 rings (SSSR count). The van der Waals surface area contributed by atoms with E-state index in [1.54, 1.807) is 42.6 Å². The third kappa shape index (κ3) is 4.45. The molecule has 6 nitrogen and oxygen atoms in total. The highest BCUT2D eigenvalue weighted by Gasteiger charge is 2.28. The van der Waals surface area contributed by atoms with Crippen molar-refractivity contribution < 1.29 is 14.3 Å². The van der Waals surface area contributed by atoms with E-state index >= 15 is 0 Å². The summed E-state index contributed by atoms with van der Waals surface area (Å²) in [6, 6.07) is 15.9. The van der Waals surface area contributed by atoms with Crippen LogP contribution in [-0.2, 0) is 0 Å². The van der Waals surface area contributed by atoms with Gasteiger partial charge < -0.3 is 20.1 Å². The summed E-state index contributed by atoms with van der Waals surface area (Å²) in [6.45, 7) is 1.29. The van der Waals surface area contributed by atoms with Gasteiger partial charge >= 0.3 is 0 Å². The van der Waals surface area contributed by atoms with Crippen LogP contribution in [0.3, 0.4) is 0 Å². The number of carbonyl (C=O) groups is 1. The van der Waals surface area contributed by atoms with Crippen molar-refractivity contribution in [2.24, 2.45) is 5.73 Å². The number of rotatable bonds is 6.